The van der Waals surface area contributed by atoms with E-state index in [1.54, 1.807) is 18.2 Å². The summed E-state index contributed by atoms with van der Waals surface area (Å²) in [6.07, 6.45) is 0.361. The van der Waals surface area contributed by atoms with Gasteiger partial charge in [0.1, 0.15) is 12.6 Å². The van der Waals surface area contributed by atoms with Crippen molar-refractivity contribution in [3.8, 4) is 0 Å². The highest BCUT2D eigenvalue weighted by Crippen LogP contribution is 2.14. The number of ether oxygens (including phenoxy) is 1. The summed E-state index contributed by atoms with van der Waals surface area (Å²) < 4.78 is 32.6. The summed E-state index contributed by atoms with van der Waals surface area (Å²) in [5.41, 5.74) is 0.912. The van der Waals surface area contributed by atoms with E-state index in [0.29, 0.717) is 13.0 Å². The Morgan fingerprint density at radius 1 is 1.08 bits per heavy atom. The fraction of sp³-hybridized carbons (Fsp3) is 0.278. The van der Waals surface area contributed by atoms with Gasteiger partial charge in [-0.2, -0.15) is 0 Å². The van der Waals surface area contributed by atoms with Crippen molar-refractivity contribution in [2.75, 3.05) is 6.54 Å². The van der Waals surface area contributed by atoms with Gasteiger partial charge in [0.15, 0.2) is 0 Å². The van der Waals surface area contributed by atoms with Crippen molar-refractivity contribution >= 4 is 28.4 Å². The minimum Gasteiger partial charge on any atom is -0.460 e. The standard InChI is InChI=1S/C18H20N2O4S.ClH/c21-18(24-13-14-7-3-1-4-8-14)17-11-15(12-19-17)20-25(22,23)16-9-5-2-6-10-16;/h1-10,15,17,19-20H,11-13H2;1H/t15-,17+;/m0./s1. The molecule has 1 fully saturated rings. The average Bonchev–Trinajstić information content (AvgIpc) is 3.09. The van der Waals surface area contributed by atoms with Crippen LogP contribution in [0.3, 0.4) is 0 Å². The Balaban J connectivity index is 0.00000243. The normalized spacial score (nSPS) is 19.5. The van der Waals surface area contributed by atoms with Crippen LogP contribution in [0.5, 0.6) is 0 Å². The van der Waals surface area contributed by atoms with Crippen LogP contribution >= 0.6 is 12.4 Å². The van der Waals surface area contributed by atoms with Crippen LogP contribution < -0.4 is 10.0 Å². The largest absolute Gasteiger partial charge is 0.460 e. The fourth-order valence-electron chi connectivity index (χ4n) is 2.72. The van der Waals surface area contributed by atoms with E-state index < -0.39 is 16.1 Å². The number of hydrogen-bond donors (Lipinski definition) is 2. The van der Waals surface area contributed by atoms with Crippen molar-refractivity contribution in [2.45, 2.75) is 30.0 Å². The van der Waals surface area contributed by atoms with E-state index >= 15 is 0 Å². The van der Waals surface area contributed by atoms with Crippen molar-refractivity contribution in [3.63, 3.8) is 0 Å². The van der Waals surface area contributed by atoms with Crippen LogP contribution in [-0.2, 0) is 26.2 Å². The second kappa shape index (κ2) is 9.14. The number of sulfonamides is 1. The average molecular weight is 397 g/mol. The molecule has 0 radical (unpaired) electrons. The Morgan fingerprint density at radius 2 is 1.69 bits per heavy atom. The number of benzene rings is 2. The fourth-order valence-corrected chi connectivity index (χ4v) is 3.99. The molecule has 26 heavy (non-hydrogen) atoms. The Labute approximate surface area is 159 Å². The maximum Gasteiger partial charge on any atom is 0.323 e. The molecule has 8 heteroatoms. The molecule has 6 nitrogen and oxygen atoms in total. The zero-order valence-corrected chi connectivity index (χ0v) is 15.6. The zero-order valence-electron chi connectivity index (χ0n) is 14.0. The van der Waals surface area contributed by atoms with Crippen molar-refractivity contribution in [1.29, 1.82) is 0 Å². The molecule has 1 aliphatic heterocycles. The molecule has 2 aromatic rings. The maximum absolute atomic E-state index is 12.3. The van der Waals surface area contributed by atoms with Crippen LogP contribution in [0.25, 0.3) is 0 Å². The van der Waals surface area contributed by atoms with Crippen molar-refractivity contribution in [1.82, 2.24) is 10.0 Å². The molecular weight excluding hydrogens is 376 g/mol. The van der Waals surface area contributed by atoms with E-state index in [2.05, 4.69) is 10.0 Å². The first kappa shape index (κ1) is 20.4. The molecule has 1 heterocycles. The van der Waals surface area contributed by atoms with Crippen molar-refractivity contribution in [3.05, 3.63) is 66.2 Å². The third kappa shape index (κ3) is 5.28. The van der Waals surface area contributed by atoms with Gasteiger partial charge >= 0.3 is 5.97 Å². The highest BCUT2D eigenvalue weighted by atomic mass is 35.5. The lowest BCUT2D eigenvalue weighted by Crippen LogP contribution is -2.36. The van der Waals surface area contributed by atoms with Gasteiger partial charge in [0.05, 0.1) is 4.90 Å². The van der Waals surface area contributed by atoms with Gasteiger partial charge in [0, 0.05) is 12.6 Å². The van der Waals surface area contributed by atoms with Crippen molar-refractivity contribution in [2.24, 2.45) is 0 Å². The number of nitrogens with one attached hydrogen (secondary N) is 2. The lowest BCUT2D eigenvalue weighted by molar-refractivity contribution is -0.147. The summed E-state index contributed by atoms with van der Waals surface area (Å²) in [5, 5.41) is 3.02. The lowest BCUT2D eigenvalue weighted by Gasteiger charge is -2.13. The lowest BCUT2D eigenvalue weighted by atomic mass is 10.2. The number of hydrogen-bond acceptors (Lipinski definition) is 5. The van der Waals surface area contributed by atoms with Crippen LogP contribution in [0, 0.1) is 0 Å². The van der Waals surface area contributed by atoms with E-state index in [4.69, 9.17) is 4.74 Å². The van der Waals surface area contributed by atoms with Crippen LogP contribution in [0.15, 0.2) is 65.6 Å². The molecule has 0 aliphatic carbocycles. The molecule has 0 aromatic heterocycles. The number of esters is 1. The topological polar surface area (TPSA) is 84.5 Å². The van der Waals surface area contributed by atoms with Crippen LogP contribution in [-0.4, -0.2) is 33.0 Å². The minimum atomic E-state index is -3.59. The molecule has 0 amide bonds. The summed E-state index contributed by atoms with van der Waals surface area (Å²) in [6, 6.07) is 16.7. The number of rotatable bonds is 6. The molecule has 0 spiro atoms. The van der Waals surface area contributed by atoms with Gasteiger partial charge in [-0.1, -0.05) is 48.5 Å². The molecule has 2 atom stereocenters. The molecule has 0 unspecified atom stereocenters. The smallest absolute Gasteiger partial charge is 0.323 e. The van der Waals surface area contributed by atoms with Crippen LogP contribution in [0.2, 0.25) is 0 Å². The predicted octanol–water partition coefficient (Wildman–Crippen LogP) is 1.86. The quantitative estimate of drug-likeness (QED) is 0.728. The zero-order chi connectivity index (χ0) is 17.7. The second-order valence-electron chi connectivity index (χ2n) is 5.92. The highest BCUT2D eigenvalue weighted by molar-refractivity contribution is 7.89. The SMILES string of the molecule is Cl.O=C(OCc1ccccc1)[C@H]1C[C@H](NS(=O)(=O)c2ccccc2)CN1. The third-order valence-corrected chi connectivity index (χ3v) is 5.55. The Bertz CT molecular complexity index is 816. The highest BCUT2D eigenvalue weighted by Gasteiger charge is 2.33. The number of carbonyl (C=O) groups excluding carboxylic acids is 1. The van der Waals surface area contributed by atoms with E-state index in [1.807, 2.05) is 30.3 Å². The van der Waals surface area contributed by atoms with Gasteiger partial charge in [-0.3, -0.25) is 4.79 Å². The van der Waals surface area contributed by atoms with E-state index in [9.17, 15) is 13.2 Å². The van der Waals surface area contributed by atoms with E-state index in [-0.39, 0.29) is 35.9 Å². The molecule has 1 saturated heterocycles. The molecule has 2 aromatic carbocycles. The first-order valence-corrected chi connectivity index (χ1v) is 9.54. The molecule has 2 N–H and O–H groups in total. The monoisotopic (exact) mass is 396 g/mol. The van der Waals surface area contributed by atoms with Gasteiger partial charge < -0.3 is 10.1 Å². The summed E-state index contributed by atoms with van der Waals surface area (Å²) in [6.45, 7) is 0.593. The van der Waals surface area contributed by atoms with Crippen molar-refractivity contribution < 1.29 is 17.9 Å². The van der Waals surface area contributed by atoms with E-state index in [0.717, 1.165) is 5.56 Å². The molecule has 0 bridgehead atoms. The number of halogens is 1. The molecule has 0 saturated carbocycles. The Hall–Kier alpha value is -1.93. The molecule has 140 valence electrons. The summed E-state index contributed by atoms with van der Waals surface area (Å²) in [5.74, 6) is -0.370. The molecule has 3 rings (SSSR count). The first-order valence-electron chi connectivity index (χ1n) is 8.06. The molecular formula is C18H21ClN2O4S. The van der Waals surface area contributed by atoms with Crippen LogP contribution in [0.1, 0.15) is 12.0 Å². The minimum absolute atomic E-state index is 0. The predicted molar refractivity (Wildman–Crippen MR) is 100 cm³/mol. The van der Waals surface area contributed by atoms with E-state index in [1.165, 1.54) is 12.1 Å². The first-order chi connectivity index (χ1) is 12.0. The molecule has 1 aliphatic rings. The summed E-state index contributed by atoms with van der Waals surface area (Å²) in [4.78, 5) is 12.4. The maximum atomic E-state index is 12.3. The van der Waals surface area contributed by atoms with Gasteiger partial charge in [-0.05, 0) is 24.1 Å². The van der Waals surface area contributed by atoms with Gasteiger partial charge in [0.25, 0.3) is 0 Å². The van der Waals surface area contributed by atoms with Crippen LogP contribution in [0.4, 0.5) is 0 Å². The third-order valence-electron chi connectivity index (χ3n) is 4.01. The Kier molecular flexibility index (Phi) is 7.16. The van der Waals surface area contributed by atoms with Gasteiger partial charge in [-0.25, -0.2) is 13.1 Å². The van der Waals surface area contributed by atoms with Gasteiger partial charge in [-0.15, -0.1) is 12.4 Å². The Morgan fingerprint density at radius 3 is 2.35 bits per heavy atom. The number of carbonyl (C=O) groups is 1. The second-order valence-corrected chi connectivity index (χ2v) is 7.64. The van der Waals surface area contributed by atoms with Gasteiger partial charge in [0.2, 0.25) is 10.0 Å². The summed E-state index contributed by atoms with van der Waals surface area (Å²) in [7, 11) is -3.59. The summed E-state index contributed by atoms with van der Waals surface area (Å²) >= 11 is 0.